The van der Waals surface area contributed by atoms with Gasteiger partial charge in [0.15, 0.2) is 6.61 Å². The Bertz CT molecular complexity index is 1010. The molecule has 1 N–H and O–H groups in total. The maximum atomic E-state index is 12.7. The lowest BCUT2D eigenvalue weighted by atomic mass is 9.64. The van der Waals surface area contributed by atoms with Gasteiger partial charge in [-0.05, 0) is 42.7 Å². The van der Waals surface area contributed by atoms with Crippen molar-refractivity contribution in [2.24, 2.45) is 0 Å². The predicted octanol–water partition coefficient (Wildman–Crippen LogP) is 3.32. The number of nitrogens with zero attached hydrogens (tertiary/aromatic N) is 1. The van der Waals surface area contributed by atoms with Crippen LogP contribution < -0.4 is 5.32 Å². The zero-order valence-electron chi connectivity index (χ0n) is 17.8. The number of carbonyl (C=O) groups is 2. The van der Waals surface area contributed by atoms with Gasteiger partial charge in [-0.1, -0.05) is 50.6 Å². The van der Waals surface area contributed by atoms with E-state index in [0.717, 1.165) is 12.0 Å². The van der Waals surface area contributed by atoms with E-state index in [1.54, 1.807) is 13.8 Å². The summed E-state index contributed by atoms with van der Waals surface area (Å²) in [7, 11) is -3.56. The molecule has 0 heterocycles. The van der Waals surface area contributed by atoms with Crippen LogP contribution in [0.25, 0.3) is 0 Å². The molecule has 1 fully saturated rings. The van der Waals surface area contributed by atoms with Crippen molar-refractivity contribution in [2.75, 3.05) is 25.0 Å². The fourth-order valence-corrected chi connectivity index (χ4v) is 5.25. The second kappa shape index (κ2) is 9.62. The lowest BCUT2D eigenvalue weighted by Crippen LogP contribution is -2.44. The third-order valence-corrected chi connectivity index (χ3v) is 7.80. The predicted molar refractivity (Wildman–Crippen MR) is 118 cm³/mol. The second-order valence-corrected chi connectivity index (χ2v) is 9.48. The fraction of sp³-hybridized carbons (Fsp3) is 0.391. The van der Waals surface area contributed by atoms with Crippen LogP contribution in [0.3, 0.4) is 0 Å². The molecule has 1 amide bonds. The smallest absolute Gasteiger partial charge is 0.317 e. The van der Waals surface area contributed by atoms with Crippen molar-refractivity contribution in [3.8, 4) is 0 Å². The molecule has 1 aliphatic carbocycles. The Hall–Kier alpha value is -2.71. The summed E-state index contributed by atoms with van der Waals surface area (Å²) in [6.07, 6.45) is 2.36. The summed E-state index contributed by atoms with van der Waals surface area (Å²) in [4.78, 5) is 25.1. The molecule has 8 heteroatoms. The van der Waals surface area contributed by atoms with E-state index in [4.69, 9.17) is 4.74 Å². The first-order chi connectivity index (χ1) is 14.8. The molecule has 2 aromatic rings. The molecule has 0 aromatic heterocycles. The van der Waals surface area contributed by atoms with Crippen molar-refractivity contribution >= 4 is 27.6 Å². The van der Waals surface area contributed by atoms with Gasteiger partial charge in [0, 0.05) is 18.8 Å². The van der Waals surface area contributed by atoms with Gasteiger partial charge in [0.25, 0.3) is 5.91 Å². The van der Waals surface area contributed by atoms with E-state index in [0.29, 0.717) is 31.6 Å². The summed E-state index contributed by atoms with van der Waals surface area (Å²) in [6, 6.07) is 15.4. The van der Waals surface area contributed by atoms with E-state index in [9.17, 15) is 18.0 Å². The van der Waals surface area contributed by atoms with Crippen molar-refractivity contribution in [3.05, 3.63) is 60.2 Å². The molecular formula is C23H28N2O5S. The van der Waals surface area contributed by atoms with Crippen LogP contribution in [0.2, 0.25) is 0 Å². The summed E-state index contributed by atoms with van der Waals surface area (Å²) < 4.78 is 31.7. The van der Waals surface area contributed by atoms with Crippen molar-refractivity contribution in [3.63, 3.8) is 0 Å². The Morgan fingerprint density at radius 2 is 1.61 bits per heavy atom. The van der Waals surface area contributed by atoms with E-state index < -0.39 is 28.0 Å². The topological polar surface area (TPSA) is 92.8 Å². The summed E-state index contributed by atoms with van der Waals surface area (Å²) in [6.45, 7) is 3.93. The first kappa shape index (κ1) is 23.0. The van der Waals surface area contributed by atoms with Gasteiger partial charge in [-0.2, -0.15) is 4.31 Å². The number of anilines is 1. The van der Waals surface area contributed by atoms with Gasteiger partial charge in [-0.15, -0.1) is 0 Å². The first-order valence-corrected chi connectivity index (χ1v) is 11.9. The Morgan fingerprint density at radius 1 is 1.00 bits per heavy atom. The van der Waals surface area contributed by atoms with Crippen LogP contribution in [-0.4, -0.2) is 44.3 Å². The van der Waals surface area contributed by atoms with Gasteiger partial charge in [-0.3, -0.25) is 9.59 Å². The van der Waals surface area contributed by atoms with Crippen molar-refractivity contribution in [2.45, 2.75) is 43.4 Å². The minimum absolute atomic E-state index is 0.162. The van der Waals surface area contributed by atoms with E-state index >= 15 is 0 Å². The maximum Gasteiger partial charge on any atom is 0.317 e. The zero-order valence-corrected chi connectivity index (χ0v) is 18.7. The van der Waals surface area contributed by atoms with Crippen molar-refractivity contribution < 1.29 is 22.7 Å². The quantitative estimate of drug-likeness (QED) is 0.599. The van der Waals surface area contributed by atoms with Gasteiger partial charge in [-0.25, -0.2) is 8.42 Å². The van der Waals surface area contributed by atoms with E-state index in [2.05, 4.69) is 5.32 Å². The number of benzene rings is 2. The number of esters is 1. The minimum Gasteiger partial charge on any atom is -0.455 e. The Kier molecular flexibility index (Phi) is 7.12. The van der Waals surface area contributed by atoms with Crippen LogP contribution in [0.5, 0.6) is 0 Å². The van der Waals surface area contributed by atoms with Crippen molar-refractivity contribution in [1.82, 2.24) is 4.31 Å². The van der Waals surface area contributed by atoms with E-state index in [-0.39, 0.29) is 10.9 Å². The Labute approximate surface area is 183 Å². The molecule has 166 valence electrons. The summed E-state index contributed by atoms with van der Waals surface area (Å²) in [5.74, 6) is -0.865. The number of amides is 1. The van der Waals surface area contributed by atoms with Crippen LogP contribution in [0.15, 0.2) is 59.5 Å². The number of carbonyl (C=O) groups excluding carboxylic acids is 2. The van der Waals surface area contributed by atoms with E-state index in [1.807, 2.05) is 30.3 Å². The normalized spacial score (nSPS) is 15.2. The molecule has 2 aromatic carbocycles. The number of ether oxygens (including phenoxy) is 1. The molecule has 1 saturated carbocycles. The lowest BCUT2D eigenvalue weighted by molar-refractivity contribution is -0.156. The number of hydrogen-bond acceptors (Lipinski definition) is 5. The molecule has 0 atom stereocenters. The van der Waals surface area contributed by atoms with Crippen LogP contribution in [0.4, 0.5) is 5.69 Å². The van der Waals surface area contributed by atoms with Gasteiger partial charge in [0.2, 0.25) is 10.0 Å². The second-order valence-electron chi connectivity index (χ2n) is 7.54. The average molecular weight is 445 g/mol. The van der Waals surface area contributed by atoms with Crippen molar-refractivity contribution in [1.29, 1.82) is 0 Å². The SMILES string of the molecule is CCN(CC)S(=O)(=O)c1ccc(NC(=O)COC(=O)C2(c3ccccc3)CCC2)cc1. The molecule has 0 saturated heterocycles. The molecular weight excluding hydrogens is 416 g/mol. The highest BCUT2D eigenvalue weighted by Gasteiger charge is 2.47. The third kappa shape index (κ3) is 4.80. The lowest BCUT2D eigenvalue weighted by Gasteiger charge is -2.39. The van der Waals surface area contributed by atoms with Crippen LogP contribution in [0.1, 0.15) is 38.7 Å². The molecule has 0 bridgehead atoms. The monoisotopic (exact) mass is 444 g/mol. The van der Waals surface area contributed by atoms with Gasteiger partial charge in [0.1, 0.15) is 0 Å². The first-order valence-electron chi connectivity index (χ1n) is 10.5. The molecule has 3 rings (SSSR count). The number of rotatable bonds is 9. The highest BCUT2D eigenvalue weighted by Crippen LogP contribution is 2.44. The third-order valence-electron chi connectivity index (χ3n) is 5.74. The summed E-state index contributed by atoms with van der Waals surface area (Å²) in [5, 5.41) is 2.64. The highest BCUT2D eigenvalue weighted by atomic mass is 32.2. The number of hydrogen-bond donors (Lipinski definition) is 1. The Balaban J connectivity index is 1.58. The molecule has 7 nitrogen and oxygen atoms in total. The van der Waals surface area contributed by atoms with Gasteiger partial charge < -0.3 is 10.1 Å². The largest absolute Gasteiger partial charge is 0.455 e. The summed E-state index contributed by atoms with van der Waals surface area (Å²) >= 11 is 0. The fourth-order valence-electron chi connectivity index (χ4n) is 3.79. The van der Waals surface area contributed by atoms with Gasteiger partial charge in [0.05, 0.1) is 10.3 Å². The standard InChI is InChI=1S/C23H28N2O5S/c1-3-25(4-2)31(28,29)20-13-11-19(12-14-20)24-21(26)17-30-22(27)23(15-8-16-23)18-9-6-5-7-10-18/h5-7,9-14H,3-4,8,15-17H2,1-2H3,(H,24,26). The molecule has 0 spiro atoms. The Morgan fingerprint density at radius 3 is 2.13 bits per heavy atom. The van der Waals surface area contributed by atoms with Crippen LogP contribution >= 0.6 is 0 Å². The zero-order chi connectivity index (χ0) is 22.5. The molecule has 0 unspecified atom stereocenters. The summed E-state index contributed by atoms with van der Waals surface area (Å²) in [5.41, 5.74) is 0.680. The van der Waals surface area contributed by atoms with E-state index in [1.165, 1.54) is 28.6 Å². The average Bonchev–Trinajstić information content (AvgIpc) is 2.73. The molecule has 31 heavy (non-hydrogen) atoms. The minimum atomic E-state index is -3.56. The number of nitrogens with one attached hydrogen (secondary N) is 1. The van der Waals surface area contributed by atoms with Gasteiger partial charge >= 0.3 is 5.97 Å². The maximum absolute atomic E-state index is 12.7. The molecule has 0 aliphatic heterocycles. The highest BCUT2D eigenvalue weighted by molar-refractivity contribution is 7.89. The van der Waals surface area contributed by atoms with Crippen LogP contribution in [0, 0.1) is 0 Å². The van der Waals surface area contributed by atoms with Crippen LogP contribution in [-0.2, 0) is 29.8 Å². The number of sulfonamides is 1. The molecule has 1 aliphatic rings. The molecule has 0 radical (unpaired) electrons.